The minimum absolute atomic E-state index is 0.252. The summed E-state index contributed by atoms with van der Waals surface area (Å²) < 4.78 is 12.7. The van der Waals surface area contributed by atoms with Gasteiger partial charge in [0.05, 0.1) is 0 Å². The van der Waals surface area contributed by atoms with Crippen molar-refractivity contribution >= 4 is 12.2 Å². The zero-order chi connectivity index (χ0) is 12.5. The van der Waals surface area contributed by atoms with Crippen molar-refractivity contribution in [2.75, 3.05) is 0 Å². The van der Waals surface area contributed by atoms with Crippen LogP contribution in [0.3, 0.4) is 0 Å². The summed E-state index contributed by atoms with van der Waals surface area (Å²) in [6.07, 6.45) is 6.71. The monoisotopic (exact) mass is 227 g/mol. The van der Waals surface area contributed by atoms with Gasteiger partial charge in [0, 0.05) is 12.4 Å². The number of nitrogens with zero attached hydrogens (tertiary/aromatic N) is 1. The topological polar surface area (TPSA) is 12.9 Å². The third kappa shape index (κ3) is 4.89. The Balaban J connectivity index is 0.000000202. The Hall–Kier alpha value is -2.22. The van der Waals surface area contributed by atoms with Crippen molar-refractivity contribution in [3.8, 4) is 0 Å². The van der Waals surface area contributed by atoms with E-state index in [0.717, 1.165) is 11.1 Å². The molecule has 0 aliphatic heterocycles. The van der Waals surface area contributed by atoms with E-state index in [4.69, 9.17) is 0 Å². The molecule has 0 saturated heterocycles. The fourth-order valence-corrected chi connectivity index (χ4v) is 1.18. The average Bonchev–Trinajstić information content (AvgIpc) is 2.40. The molecule has 2 aromatic rings. The van der Waals surface area contributed by atoms with Crippen LogP contribution in [0.4, 0.5) is 4.39 Å². The van der Waals surface area contributed by atoms with Crippen LogP contribution in [-0.2, 0) is 0 Å². The molecule has 0 N–H and O–H groups in total. The normalized spacial score (nSPS) is 8.76. The molecule has 0 bridgehead atoms. The quantitative estimate of drug-likeness (QED) is 0.749. The van der Waals surface area contributed by atoms with Crippen LogP contribution >= 0.6 is 0 Å². The smallest absolute Gasteiger partial charge is 0.124 e. The Morgan fingerprint density at radius 1 is 0.882 bits per heavy atom. The van der Waals surface area contributed by atoms with Crippen LogP contribution in [0.1, 0.15) is 11.1 Å². The third-order valence-electron chi connectivity index (χ3n) is 1.98. The SMILES string of the molecule is C=Cc1cc(F)cc(C=C)c1.c1ccncc1. The van der Waals surface area contributed by atoms with E-state index in [9.17, 15) is 4.39 Å². The lowest BCUT2D eigenvalue weighted by atomic mass is 10.1. The van der Waals surface area contributed by atoms with Gasteiger partial charge < -0.3 is 0 Å². The largest absolute Gasteiger partial charge is 0.265 e. The molecule has 17 heavy (non-hydrogen) atoms. The van der Waals surface area contributed by atoms with E-state index in [1.165, 1.54) is 12.1 Å². The first-order chi connectivity index (χ1) is 8.26. The number of pyridine rings is 1. The molecule has 2 rings (SSSR count). The Bertz CT molecular complexity index is 425. The summed E-state index contributed by atoms with van der Waals surface area (Å²) >= 11 is 0. The van der Waals surface area contributed by atoms with E-state index in [2.05, 4.69) is 18.1 Å². The molecule has 1 heterocycles. The molecule has 1 aromatic heterocycles. The molecule has 86 valence electrons. The zero-order valence-corrected chi connectivity index (χ0v) is 9.51. The van der Waals surface area contributed by atoms with Crippen molar-refractivity contribution in [1.82, 2.24) is 4.98 Å². The second-order valence-corrected chi connectivity index (χ2v) is 3.25. The van der Waals surface area contributed by atoms with Gasteiger partial charge in [-0.05, 0) is 41.5 Å². The Kier molecular flexibility index (Phi) is 5.38. The first kappa shape index (κ1) is 12.8. The molecule has 0 radical (unpaired) electrons. The van der Waals surface area contributed by atoms with Gasteiger partial charge >= 0.3 is 0 Å². The third-order valence-corrected chi connectivity index (χ3v) is 1.98. The maximum atomic E-state index is 12.7. The first-order valence-electron chi connectivity index (χ1n) is 5.16. The van der Waals surface area contributed by atoms with Crippen molar-refractivity contribution in [2.24, 2.45) is 0 Å². The summed E-state index contributed by atoms with van der Waals surface area (Å²) in [4.78, 5) is 3.78. The van der Waals surface area contributed by atoms with Crippen LogP contribution < -0.4 is 0 Å². The molecule has 0 unspecified atom stereocenters. The number of benzene rings is 1. The standard InChI is InChI=1S/C10H9F.C5H5N/c1-3-8-5-9(4-2)7-10(11)6-8;1-2-4-6-5-3-1/h3-7H,1-2H2;1-5H. The van der Waals surface area contributed by atoms with Gasteiger partial charge in [-0.1, -0.05) is 31.4 Å². The molecule has 1 aromatic carbocycles. The summed E-state index contributed by atoms with van der Waals surface area (Å²) in [6, 6.07) is 10.4. The van der Waals surface area contributed by atoms with Crippen LogP contribution in [0.15, 0.2) is 61.9 Å². The molecule has 0 saturated carbocycles. The van der Waals surface area contributed by atoms with Crippen molar-refractivity contribution in [2.45, 2.75) is 0 Å². The zero-order valence-electron chi connectivity index (χ0n) is 9.51. The summed E-state index contributed by atoms with van der Waals surface area (Å²) in [5.41, 5.74) is 1.56. The summed E-state index contributed by atoms with van der Waals surface area (Å²) in [5.74, 6) is -0.252. The van der Waals surface area contributed by atoms with E-state index < -0.39 is 0 Å². The molecule has 0 spiro atoms. The number of hydrogen-bond acceptors (Lipinski definition) is 1. The second kappa shape index (κ2) is 7.12. The molecule has 0 aliphatic carbocycles. The second-order valence-electron chi connectivity index (χ2n) is 3.25. The maximum Gasteiger partial charge on any atom is 0.124 e. The van der Waals surface area contributed by atoms with E-state index in [-0.39, 0.29) is 5.82 Å². The lowest BCUT2D eigenvalue weighted by Gasteiger charge is -1.96. The molecular weight excluding hydrogens is 213 g/mol. The van der Waals surface area contributed by atoms with Gasteiger partial charge in [0.1, 0.15) is 5.82 Å². The Labute approximate surface area is 101 Å². The maximum absolute atomic E-state index is 12.7. The Morgan fingerprint density at radius 2 is 1.41 bits per heavy atom. The van der Waals surface area contributed by atoms with Crippen LogP contribution in [0.2, 0.25) is 0 Å². The summed E-state index contributed by atoms with van der Waals surface area (Å²) in [5, 5.41) is 0. The lowest BCUT2D eigenvalue weighted by molar-refractivity contribution is 0.627. The molecular formula is C15H14FN. The minimum atomic E-state index is -0.252. The van der Waals surface area contributed by atoms with Gasteiger partial charge in [-0.2, -0.15) is 0 Å². The van der Waals surface area contributed by atoms with E-state index in [0.29, 0.717) is 0 Å². The molecule has 0 aliphatic rings. The van der Waals surface area contributed by atoms with Crippen LogP contribution in [0.5, 0.6) is 0 Å². The highest BCUT2D eigenvalue weighted by atomic mass is 19.1. The molecule has 0 amide bonds. The van der Waals surface area contributed by atoms with Crippen LogP contribution in [-0.4, -0.2) is 4.98 Å². The number of rotatable bonds is 2. The van der Waals surface area contributed by atoms with Crippen molar-refractivity contribution in [3.63, 3.8) is 0 Å². The van der Waals surface area contributed by atoms with Gasteiger partial charge in [0.15, 0.2) is 0 Å². The fourth-order valence-electron chi connectivity index (χ4n) is 1.18. The van der Waals surface area contributed by atoms with E-state index in [1.54, 1.807) is 24.5 Å². The van der Waals surface area contributed by atoms with Crippen LogP contribution in [0, 0.1) is 5.82 Å². The molecule has 0 atom stereocenters. The van der Waals surface area contributed by atoms with E-state index >= 15 is 0 Å². The van der Waals surface area contributed by atoms with E-state index in [1.807, 2.05) is 24.3 Å². The first-order valence-corrected chi connectivity index (χ1v) is 5.16. The van der Waals surface area contributed by atoms with Gasteiger partial charge in [-0.3, -0.25) is 4.98 Å². The number of aromatic nitrogens is 1. The van der Waals surface area contributed by atoms with Crippen molar-refractivity contribution in [3.05, 3.63) is 78.9 Å². The number of halogens is 1. The molecule has 2 heteroatoms. The number of hydrogen-bond donors (Lipinski definition) is 0. The van der Waals surface area contributed by atoms with Gasteiger partial charge in [0.25, 0.3) is 0 Å². The highest BCUT2D eigenvalue weighted by Gasteiger charge is 1.93. The predicted octanol–water partition coefficient (Wildman–Crippen LogP) is 4.19. The lowest BCUT2D eigenvalue weighted by Crippen LogP contribution is -1.79. The Morgan fingerprint density at radius 3 is 1.71 bits per heavy atom. The fraction of sp³-hybridized carbons (Fsp3) is 0. The summed E-state index contributed by atoms with van der Waals surface area (Å²) in [6.45, 7) is 7.09. The molecule has 1 nitrogen and oxygen atoms in total. The highest BCUT2D eigenvalue weighted by Crippen LogP contribution is 2.10. The molecule has 0 fully saturated rings. The van der Waals surface area contributed by atoms with Gasteiger partial charge in [-0.25, -0.2) is 4.39 Å². The highest BCUT2D eigenvalue weighted by molar-refractivity contribution is 5.55. The van der Waals surface area contributed by atoms with Crippen LogP contribution in [0.25, 0.3) is 12.2 Å². The minimum Gasteiger partial charge on any atom is -0.265 e. The van der Waals surface area contributed by atoms with Crippen molar-refractivity contribution in [1.29, 1.82) is 0 Å². The average molecular weight is 227 g/mol. The van der Waals surface area contributed by atoms with Gasteiger partial charge in [0.2, 0.25) is 0 Å². The predicted molar refractivity (Wildman–Crippen MR) is 70.8 cm³/mol. The van der Waals surface area contributed by atoms with Crippen molar-refractivity contribution < 1.29 is 4.39 Å². The van der Waals surface area contributed by atoms with Gasteiger partial charge in [-0.15, -0.1) is 0 Å². The summed E-state index contributed by atoms with van der Waals surface area (Å²) in [7, 11) is 0.